The third-order valence-corrected chi connectivity index (χ3v) is 6.16. The Labute approximate surface area is 190 Å². The molecule has 3 aromatic rings. The van der Waals surface area contributed by atoms with Crippen molar-refractivity contribution < 1.29 is 23.2 Å². The highest BCUT2D eigenvalue weighted by Gasteiger charge is 2.57. The van der Waals surface area contributed by atoms with Crippen molar-refractivity contribution in [1.82, 2.24) is 15.4 Å². The molecule has 2 aliphatic rings. The number of ether oxygens (including phenoxy) is 1. The molecule has 1 spiro atoms. The summed E-state index contributed by atoms with van der Waals surface area (Å²) in [4.78, 5) is 27.5. The van der Waals surface area contributed by atoms with Crippen molar-refractivity contribution in [3.8, 4) is 11.1 Å². The van der Waals surface area contributed by atoms with Gasteiger partial charge in [-0.2, -0.15) is 0 Å². The number of aryl methyl sites for hydroxylation is 1. The molecule has 2 aromatic carbocycles. The van der Waals surface area contributed by atoms with Gasteiger partial charge in [0, 0.05) is 19.0 Å². The predicted octanol–water partition coefficient (Wildman–Crippen LogP) is 3.02. The van der Waals surface area contributed by atoms with Gasteiger partial charge in [-0.05, 0) is 35.7 Å². The Bertz CT molecular complexity index is 1190. The van der Waals surface area contributed by atoms with Crippen LogP contribution in [0, 0.1) is 12.7 Å². The maximum absolute atomic E-state index is 13.5. The van der Waals surface area contributed by atoms with Crippen molar-refractivity contribution in [2.45, 2.75) is 38.0 Å². The summed E-state index contributed by atoms with van der Waals surface area (Å²) >= 11 is 0. The number of benzene rings is 2. The summed E-state index contributed by atoms with van der Waals surface area (Å²) in [7, 11) is 0. The molecule has 0 radical (unpaired) electrons. The number of epoxide rings is 1. The lowest BCUT2D eigenvalue weighted by atomic mass is 10.0. The van der Waals surface area contributed by atoms with Crippen LogP contribution in [0.5, 0.6) is 0 Å². The second kappa shape index (κ2) is 8.44. The van der Waals surface area contributed by atoms with Crippen molar-refractivity contribution in [3.63, 3.8) is 0 Å². The molecule has 2 amide bonds. The maximum Gasteiger partial charge on any atom is 0.243 e. The minimum atomic E-state index is -0.587. The highest BCUT2D eigenvalue weighted by molar-refractivity contribution is 5.89. The van der Waals surface area contributed by atoms with E-state index in [1.54, 1.807) is 24.0 Å². The first kappa shape index (κ1) is 21.3. The van der Waals surface area contributed by atoms with Crippen LogP contribution < -0.4 is 5.32 Å². The molecule has 5 rings (SSSR count). The van der Waals surface area contributed by atoms with E-state index in [0.717, 1.165) is 16.7 Å². The van der Waals surface area contributed by atoms with Gasteiger partial charge in [0.15, 0.2) is 0 Å². The van der Waals surface area contributed by atoms with Gasteiger partial charge in [0.2, 0.25) is 11.8 Å². The van der Waals surface area contributed by atoms with E-state index in [0.29, 0.717) is 37.6 Å². The van der Waals surface area contributed by atoms with Gasteiger partial charge in [0.1, 0.15) is 23.2 Å². The van der Waals surface area contributed by atoms with Crippen LogP contribution in [0.3, 0.4) is 0 Å². The molecule has 2 aliphatic heterocycles. The summed E-state index contributed by atoms with van der Waals surface area (Å²) in [5.41, 5.74) is 2.91. The molecule has 170 valence electrons. The van der Waals surface area contributed by atoms with E-state index in [2.05, 4.69) is 10.5 Å². The zero-order chi connectivity index (χ0) is 23.0. The number of hydrogen-bond donors (Lipinski definition) is 1. The van der Waals surface area contributed by atoms with Crippen LogP contribution in [0.2, 0.25) is 0 Å². The van der Waals surface area contributed by atoms with Gasteiger partial charge in [0.25, 0.3) is 0 Å². The molecule has 2 saturated heterocycles. The Hall–Kier alpha value is -3.52. The number of likely N-dealkylation sites (tertiary alicyclic amines) is 1. The molecule has 1 N–H and O–H groups in total. The Kier molecular flexibility index (Phi) is 5.46. The van der Waals surface area contributed by atoms with Gasteiger partial charge in [-0.3, -0.25) is 9.59 Å². The van der Waals surface area contributed by atoms with Crippen LogP contribution in [0.4, 0.5) is 4.39 Å². The van der Waals surface area contributed by atoms with Gasteiger partial charge in [0.05, 0.1) is 25.3 Å². The van der Waals surface area contributed by atoms with Crippen molar-refractivity contribution in [2.24, 2.45) is 0 Å². The number of carbonyl (C=O) groups excluding carboxylic acids is 2. The van der Waals surface area contributed by atoms with Gasteiger partial charge < -0.3 is 19.5 Å². The fourth-order valence-corrected chi connectivity index (χ4v) is 4.30. The van der Waals surface area contributed by atoms with Crippen LogP contribution in [0.1, 0.15) is 23.4 Å². The molecule has 0 bridgehead atoms. The molecule has 0 saturated carbocycles. The molecule has 1 aromatic heterocycles. The monoisotopic (exact) mass is 449 g/mol. The highest BCUT2D eigenvalue weighted by Crippen LogP contribution is 2.40. The van der Waals surface area contributed by atoms with Crippen molar-refractivity contribution in [1.29, 1.82) is 0 Å². The van der Waals surface area contributed by atoms with Crippen LogP contribution >= 0.6 is 0 Å². The SMILES string of the molecule is Cc1cc(CC(=O)N2C[C@@]3(CO3)C[C@H]2C(=O)NCc2ccc(-c3cccc(F)c3)cc2)on1. The molecule has 8 heteroatoms. The summed E-state index contributed by atoms with van der Waals surface area (Å²) in [5, 5.41) is 6.76. The minimum Gasteiger partial charge on any atom is -0.368 e. The lowest BCUT2D eigenvalue weighted by molar-refractivity contribution is -0.138. The van der Waals surface area contributed by atoms with E-state index in [-0.39, 0.29) is 24.1 Å². The standard InChI is InChI=1S/C25H24FN3O4/c1-16-9-21(33-28-16)11-23(30)29-14-25(15-32-25)12-22(29)24(31)27-13-17-5-7-18(8-6-17)19-3-2-4-20(26)10-19/h2-10,22H,11-15H2,1H3,(H,27,31)/t22-,25+/m0/s1. The summed E-state index contributed by atoms with van der Waals surface area (Å²) in [5.74, 6) is -0.195. The number of hydrogen-bond acceptors (Lipinski definition) is 5. The highest BCUT2D eigenvalue weighted by atomic mass is 19.1. The van der Waals surface area contributed by atoms with Gasteiger partial charge in [-0.15, -0.1) is 0 Å². The van der Waals surface area contributed by atoms with E-state index < -0.39 is 11.6 Å². The number of aromatic nitrogens is 1. The van der Waals surface area contributed by atoms with Crippen LogP contribution in [0.15, 0.2) is 59.1 Å². The summed E-state index contributed by atoms with van der Waals surface area (Å²) < 4.78 is 24.2. The fraction of sp³-hybridized carbons (Fsp3) is 0.320. The van der Waals surface area contributed by atoms with Crippen LogP contribution in [-0.2, 0) is 27.3 Å². The van der Waals surface area contributed by atoms with Gasteiger partial charge >= 0.3 is 0 Å². The number of nitrogens with zero attached hydrogens (tertiary/aromatic N) is 2. The minimum absolute atomic E-state index is 0.0578. The predicted molar refractivity (Wildman–Crippen MR) is 117 cm³/mol. The number of carbonyl (C=O) groups is 2. The quantitative estimate of drug-likeness (QED) is 0.585. The second-order valence-electron chi connectivity index (χ2n) is 8.75. The normalized spacial score (nSPS) is 21.4. The van der Waals surface area contributed by atoms with Crippen LogP contribution in [0.25, 0.3) is 11.1 Å². The summed E-state index contributed by atoms with van der Waals surface area (Å²) in [6, 6.07) is 15.1. The average molecular weight is 449 g/mol. The second-order valence-corrected chi connectivity index (χ2v) is 8.75. The zero-order valence-electron chi connectivity index (χ0n) is 18.2. The van der Waals surface area contributed by atoms with Crippen molar-refractivity contribution >= 4 is 11.8 Å². The Morgan fingerprint density at radius 1 is 1.18 bits per heavy atom. The first-order chi connectivity index (χ1) is 15.9. The number of nitrogens with one attached hydrogen (secondary N) is 1. The van der Waals surface area contributed by atoms with Gasteiger partial charge in [-0.25, -0.2) is 4.39 Å². The number of halogens is 1. The summed E-state index contributed by atoms with van der Waals surface area (Å²) in [6.07, 6.45) is 0.542. The smallest absolute Gasteiger partial charge is 0.243 e. The molecule has 0 aliphatic carbocycles. The topological polar surface area (TPSA) is 88.0 Å². The molecular formula is C25H24FN3O4. The lowest BCUT2D eigenvalue weighted by Crippen LogP contribution is -2.46. The first-order valence-electron chi connectivity index (χ1n) is 10.9. The molecule has 33 heavy (non-hydrogen) atoms. The van der Waals surface area contributed by atoms with Gasteiger partial charge in [-0.1, -0.05) is 41.6 Å². The Morgan fingerprint density at radius 2 is 1.97 bits per heavy atom. The Balaban J connectivity index is 1.22. The summed E-state index contributed by atoms with van der Waals surface area (Å²) in [6.45, 7) is 3.08. The maximum atomic E-state index is 13.5. The lowest BCUT2D eigenvalue weighted by Gasteiger charge is -2.23. The fourth-order valence-electron chi connectivity index (χ4n) is 4.30. The zero-order valence-corrected chi connectivity index (χ0v) is 18.2. The Morgan fingerprint density at radius 3 is 2.64 bits per heavy atom. The largest absolute Gasteiger partial charge is 0.368 e. The molecule has 2 fully saturated rings. The van der Waals surface area contributed by atoms with Crippen molar-refractivity contribution in [2.75, 3.05) is 13.2 Å². The molecule has 2 atom stereocenters. The van der Waals surface area contributed by atoms with E-state index in [1.165, 1.54) is 12.1 Å². The van der Waals surface area contributed by atoms with Crippen LogP contribution in [-0.4, -0.2) is 46.7 Å². The third-order valence-electron chi connectivity index (χ3n) is 6.16. The third kappa shape index (κ3) is 4.66. The molecular weight excluding hydrogens is 425 g/mol. The average Bonchev–Trinajstić information content (AvgIpc) is 3.26. The number of rotatable bonds is 6. The first-order valence-corrected chi connectivity index (χ1v) is 10.9. The van der Waals surface area contributed by atoms with E-state index in [4.69, 9.17) is 9.26 Å². The molecule has 7 nitrogen and oxygen atoms in total. The van der Waals surface area contributed by atoms with E-state index >= 15 is 0 Å². The molecule has 3 heterocycles. The molecule has 0 unspecified atom stereocenters. The van der Waals surface area contributed by atoms with E-state index in [1.807, 2.05) is 30.3 Å². The van der Waals surface area contributed by atoms with Crippen molar-refractivity contribution in [3.05, 3.63) is 77.4 Å². The number of amides is 2. The van der Waals surface area contributed by atoms with E-state index in [9.17, 15) is 14.0 Å².